The Morgan fingerprint density at radius 1 is 0.917 bits per heavy atom. The molecule has 8 nitrogen and oxygen atoms in total. The fourth-order valence-corrected chi connectivity index (χ4v) is 5.10. The summed E-state index contributed by atoms with van der Waals surface area (Å²) in [7, 11) is 0. The van der Waals surface area contributed by atoms with Crippen LogP contribution in [0.5, 0.6) is 0 Å². The molecule has 4 aliphatic rings. The van der Waals surface area contributed by atoms with Crippen molar-refractivity contribution in [3.8, 4) is 0 Å². The molecular weight excluding hydrogens is 464 g/mol. The lowest BCUT2D eigenvalue weighted by molar-refractivity contribution is -0.213. The number of Topliss-reactive ketones (excluding diaryl/α,β-unsaturated/α-hetero) is 1. The molecule has 8 heteroatoms. The van der Waals surface area contributed by atoms with E-state index in [0.29, 0.717) is 19.8 Å². The highest BCUT2D eigenvalue weighted by atomic mass is 16.8. The molecule has 0 amide bonds. The molecule has 0 radical (unpaired) electrons. The summed E-state index contributed by atoms with van der Waals surface area (Å²) in [5, 5.41) is 0. The van der Waals surface area contributed by atoms with Gasteiger partial charge in [-0.1, -0.05) is 60.7 Å². The number of ketones is 1. The van der Waals surface area contributed by atoms with Gasteiger partial charge in [0, 0.05) is 0 Å². The number of ether oxygens (including phenoxy) is 7. The molecule has 36 heavy (non-hydrogen) atoms. The van der Waals surface area contributed by atoms with Gasteiger partial charge in [0.15, 0.2) is 30.0 Å². The van der Waals surface area contributed by atoms with E-state index in [1.54, 1.807) is 6.08 Å². The van der Waals surface area contributed by atoms with Gasteiger partial charge in [0.25, 0.3) is 0 Å². The second-order valence-electron chi connectivity index (χ2n) is 9.90. The van der Waals surface area contributed by atoms with Gasteiger partial charge in [-0.15, -0.1) is 0 Å². The molecule has 0 unspecified atom stereocenters. The first-order valence-electron chi connectivity index (χ1n) is 12.3. The minimum atomic E-state index is -0.783. The van der Waals surface area contributed by atoms with Crippen molar-refractivity contribution in [1.29, 1.82) is 0 Å². The van der Waals surface area contributed by atoms with Crippen LogP contribution in [0.1, 0.15) is 25.0 Å². The zero-order valence-electron chi connectivity index (χ0n) is 20.3. The van der Waals surface area contributed by atoms with E-state index in [0.717, 1.165) is 11.1 Å². The van der Waals surface area contributed by atoms with Crippen LogP contribution in [0.3, 0.4) is 0 Å². The van der Waals surface area contributed by atoms with E-state index in [2.05, 4.69) is 0 Å². The standard InChI is InChI=1S/C28H30O8/c1-28(2)35-26-23(30-14-17-9-5-3-6-10-17)20(34-27(26)36-28)13-19-22(29)25-24(21(33-19)16-32-25)31-15-18-11-7-4-8-12-18/h3-13,20-21,23-27H,14-16H2,1-2H3/b19-13+/t20-,21-,23+,24-,25-,26-,27-/m1/s1. The van der Waals surface area contributed by atoms with Crippen LogP contribution in [0.2, 0.25) is 0 Å². The van der Waals surface area contributed by atoms with E-state index in [-0.39, 0.29) is 17.6 Å². The zero-order chi connectivity index (χ0) is 24.7. The Morgan fingerprint density at radius 3 is 2.22 bits per heavy atom. The Morgan fingerprint density at radius 2 is 1.56 bits per heavy atom. The van der Waals surface area contributed by atoms with Gasteiger partial charge in [0.1, 0.15) is 24.4 Å². The fraction of sp³-hybridized carbons (Fsp3) is 0.464. The molecule has 0 saturated carbocycles. The lowest BCUT2D eigenvalue weighted by Gasteiger charge is -2.30. The molecule has 0 N–H and O–H groups in total. The van der Waals surface area contributed by atoms with Crippen molar-refractivity contribution in [1.82, 2.24) is 0 Å². The maximum Gasteiger partial charge on any atom is 0.228 e. The Kier molecular flexibility index (Phi) is 6.41. The molecule has 4 aliphatic heterocycles. The summed E-state index contributed by atoms with van der Waals surface area (Å²) in [6.45, 7) is 4.73. The Labute approximate surface area is 210 Å². The Balaban J connectivity index is 1.17. The highest BCUT2D eigenvalue weighted by molar-refractivity contribution is 5.98. The number of rotatable bonds is 7. The van der Waals surface area contributed by atoms with Crippen molar-refractivity contribution >= 4 is 5.78 Å². The second kappa shape index (κ2) is 9.70. The summed E-state index contributed by atoms with van der Waals surface area (Å²) in [5.74, 6) is -0.832. The van der Waals surface area contributed by atoms with E-state index < -0.39 is 42.6 Å². The van der Waals surface area contributed by atoms with Crippen LogP contribution in [0.25, 0.3) is 0 Å². The number of benzene rings is 2. The maximum atomic E-state index is 13.3. The number of hydrogen-bond acceptors (Lipinski definition) is 8. The molecule has 2 aromatic carbocycles. The molecule has 0 aliphatic carbocycles. The van der Waals surface area contributed by atoms with E-state index >= 15 is 0 Å². The van der Waals surface area contributed by atoms with Crippen LogP contribution in [-0.4, -0.2) is 61.1 Å². The summed E-state index contributed by atoms with van der Waals surface area (Å²) in [4.78, 5) is 13.3. The van der Waals surface area contributed by atoms with Gasteiger partial charge in [0.2, 0.25) is 5.78 Å². The molecule has 7 atom stereocenters. The third kappa shape index (κ3) is 4.72. The van der Waals surface area contributed by atoms with Crippen molar-refractivity contribution in [3.63, 3.8) is 0 Å². The molecule has 0 aromatic heterocycles. The van der Waals surface area contributed by atoms with Crippen molar-refractivity contribution in [2.45, 2.75) is 75.8 Å². The zero-order valence-corrected chi connectivity index (χ0v) is 20.3. The summed E-state index contributed by atoms with van der Waals surface area (Å²) in [5.41, 5.74) is 2.05. The lowest BCUT2D eigenvalue weighted by Crippen LogP contribution is -2.46. The molecule has 2 bridgehead atoms. The molecule has 0 spiro atoms. The SMILES string of the molecule is CC1(C)O[C@H]2O[C@H](/C=C3/O[C@@H]4CO[C@H](C3=O)[C@@H]4OCc3ccccc3)[C@H](OCc3ccccc3)[C@H]2O1. The molecule has 4 fully saturated rings. The number of hydrogen-bond donors (Lipinski definition) is 0. The molecular formula is C28H30O8. The van der Waals surface area contributed by atoms with Crippen LogP contribution in [0, 0.1) is 0 Å². The average Bonchev–Trinajstić information content (AvgIpc) is 3.47. The number of carbonyl (C=O) groups excluding carboxylic acids is 1. The summed E-state index contributed by atoms with van der Waals surface area (Å²) in [6.07, 6.45) is -1.97. The molecule has 4 saturated heterocycles. The van der Waals surface area contributed by atoms with Crippen LogP contribution in [-0.2, 0) is 51.2 Å². The third-order valence-corrected chi connectivity index (χ3v) is 6.80. The summed E-state index contributed by atoms with van der Waals surface area (Å²) >= 11 is 0. The Hall–Kier alpha value is -2.59. The van der Waals surface area contributed by atoms with Gasteiger partial charge in [-0.05, 0) is 31.1 Å². The van der Waals surface area contributed by atoms with Gasteiger partial charge < -0.3 is 33.2 Å². The highest BCUT2D eigenvalue weighted by Crippen LogP contribution is 2.40. The third-order valence-electron chi connectivity index (χ3n) is 6.80. The van der Waals surface area contributed by atoms with Crippen molar-refractivity contribution in [3.05, 3.63) is 83.6 Å². The van der Waals surface area contributed by atoms with Crippen molar-refractivity contribution < 1.29 is 38.0 Å². The van der Waals surface area contributed by atoms with Gasteiger partial charge in [-0.2, -0.15) is 0 Å². The van der Waals surface area contributed by atoms with E-state index in [4.69, 9.17) is 33.2 Å². The van der Waals surface area contributed by atoms with Crippen molar-refractivity contribution in [2.75, 3.05) is 6.61 Å². The van der Waals surface area contributed by atoms with Crippen LogP contribution in [0.4, 0.5) is 0 Å². The first-order valence-corrected chi connectivity index (χ1v) is 12.3. The minimum absolute atomic E-state index is 0.208. The summed E-state index contributed by atoms with van der Waals surface area (Å²) in [6, 6.07) is 19.7. The topological polar surface area (TPSA) is 81.7 Å². The van der Waals surface area contributed by atoms with Crippen LogP contribution in [0.15, 0.2) is 72.5 Å². The van der Waals surface area contributed by atoms with E-state index in [1.807, 2.05) is 74.5 Å². The largest absolute Gasteiger partial charge is 0.482 e. The maximum absolute atomic E-state index is 13.3. The quantitative estimate of drug-likeness (QED) is 0.543. The monoisotopic (exact) mass is 494 g/mol. The van der Waals surface area contributed by atoms with Gasteiger partial charge >= 0.3 is 0 Å². The van der Waals surface area contributed by atoms with E-state index in [1.165, 1.54) is 0 Å². The van der Waals surface area contributed by atoms with E-state index in [9.17, 15) is 4.79 Å². The molecule has 6 rings (SSSR count). The predicted molar refractivity (Wildman–Crippen MR) is 126 cm³/mol. The predicted octanol–water partition coefficient (Wildman–Crippen LogP) is 3.28. The normalized spacial score (nSPS) is 35.7. The first-order chi connectivity index (χ1) is 17.5. The fourth-order valence-electron chi connectivity index (χ4n) is 5.10. The van der Waals surface area contributed by atoms with Gasteiger partial charge in [0.05, 0.1) is 19.8 Å². The highest BCUT2D eigenvalue weighted by Gasteiger charge is 2.56. The lowest BCUT2D eigenvalue weighted by atomic mass is 10.00. The number of carbonyl (C=O) groups is 1. The van der Waals surface area contributed by atoms with Gasteiger partial charge in [-0.3, -0.25) is 4.79 Å². The molecule has 4 heterocycles. The van der Waals surface area contributed by atoms with Crippen LogP contribution < -0.4 is 0 Å². The average molecular weight is 495 g/mol. The number of fused-ring (bicyclic) bond motifs is 3. The Bertz CT molecular complexity index is 1100. The van der Waals surface area contributed by atoms with Crippen molar-refractivity contribution in [2.24, 2.45) is 0 Å². The second-order valence-corrected chi connectivity index (χ2v) is 9.90. The first kappa shape index (κ1) is 23.8. The molecule has 2 aromatic rings. The van der Waals surface area contributed by atoms with Gasteiger partial charge in [-0.25, -0.2) is 0 Å². The summed E-state index contributed by atoms with van der Waals surface area (Å²) < 4.78 is 42.3. The minimum Gasteiger partial charge on any atom is -0.482 e. The smallest absolute Gasteiger partial charge is 0.228 e. The molecule has 190 valence electrons. The van der Waals surface area contributed by atoms with Crippen LogP contribution >= 0.6 is 0 Å².